The van der Waals surface area contributed by atoms with Gasteiger partial charge in [-0.15, -0.1) is 0 Å². The van der Waals surface area contributed by atoms with Crippen LogP contribution in [0.15, 0.2) is 18.2 Å². The predicted molar refractivity (Wildman–Crippen MR) is 88.2 cm³/mol. The van der Waals surface area contributed by atoms with E-state index in [2.05, 4.69) is 5.32 Å². The van der Waals surface area contributed by atoms with Gasteiger partial charge in [0, 0.05) is 6.07 Å². The number of aliphatic carboxylic acids is 1. The third-order valence-electron chi connectivity index (χ3n) is 5.47. The summed E-state index contributed by atoms with van der Waals surface area (Å²) in [4.78, 5) is 24.5. The molecule has 4 rings (SSSR count). The number of carboxylic acids is 1. The van der Waals surface area contributed by atoms with Crippen molar-refractivity contribution in [1.29, 1.82) is 0 Å². The van der Waals surface area contributed by atoms with E-state index in [4.69, 9.17) is 9.47 Å². The van der Waals surface area contributed by atoms with E-state index in [-0.39, 0.29) is 17.7 Å². The van der Waals surface area contributed by atoms with Crippen molar-refractivity contribution in [2.75, 3.05) is 19.5 Å². The molecular weight excluding hydrogens is 310 g/mol. The van der Waals surface area contributed by atoms with Crippen molar-refractivity contribution < 1.29 is 24.2 Å². The summed E-state index contributed by atoms with van der Waals surface area (Å²) in [6.07, 6.45) is 3.70. The van der Waals surface area contributed by atoms with Crippen LogP contribution in [0.1, 0.15) is 25.7 Å². The van der Waals surface area contributed by atoms with Gasteiger partial charge < -0.3 is 19.9 Å². The van der Waals surface area contributed by atoms with Gasteiger partial charge in [-0.25, -0.2) is 0 Å². The van der Waals surface area contributed by atoms with E-state index in [0.717, 1.165) is 25.7 Å². The third kappa shape index (κ3) is 2.92. The summed E-state index contributed by atoms with van der Waals surface area (Å²) in [7, 11) is 3.08. The fourth-order valence-electron chi connectivity index (χ4n) is 4.30. The second kappa shape index (κ2) is 6.71. The number of amides is 1. The summed E-state index contributed by atoms with van der Waals surface area (Å²) in [6.45, 7) is 0. The molecule has 1 aromatic carbocycles. The van der Waals surface area contributed by atoms with E-state index in [9.17, 15) is 14.7 Å². The lowest BCUT2D eigenvalue weighted by Crippen LogP contribution is -2.49. The number of ether oxygens (including phenoxy) is 2. The summed E-state index contributed by atoms with van der Waals surface area (Å²) in [6, 6.07) is 5.14. The van der Waals surface area contributed by atoms with Gasteiger partial charge in [0.2, 0.25) is 5.91 Å². The fourth-order valence-corrected chi connectivity index (χ4v) is 4.30. The Morgan fingerprint density at radius 1 is 1.04 bits per heavy atom. The van der Waals surface area contributed by atoms with Crippen LogP contribution < -0.4 is 14.8 Å². The Hall–Kier alpha value is -2.24. The van der Waals surface area contributed by atoms with Crippen molar-refractivity contribution in [3.63, 3.8) is 0 Å². The van der Waals surface area contributed by atoms with Gasteiger partial charge in [-0.2, -0.15) is 0 Å². The molecular formula is C18H23NO5. The molecule has 6 heteroatoms. The van der Waals surface area contributed by atoms with Gasteiger partial charge in [0.15, 0.2) is 0 Å². The molecule has 0 saturated heterocycles. The Morgan fingerprint density at radius 2 is 1.67 bits per heavy atom. The first-order chi connectivity index (χ1) is 11.5. The highest BCUT2D eigenvalue weighted by molar-refractivity contribution is 5.96. The zero-order chi connectivity index (χ0) is 17.3. The molecule has 1 aromatic rings. The standard InChI is InChI=1S/C18H23NO5/c1-23-12-7-8-13(14(9-12)24-2)19-17(20)15-10-3-5-11(6-4-10)16(15)18(21)22/h7-11,15-16H,3-6H2,1-2H3,(H,19,20)(H,21,22). The molecule has 3 saturated carbocycles. The molecule has 130 valence electrons. The van der Waals surface area contributed by atoms with Crippen LogP contribution in [0.5, 0.6) is 11.5 Å². The van der Waals surface area contributed by atoms with Crippen molar-refractivity contribution in [3.05, 3.63) is 18.2 Å². The third-order valence-corrected chi connectivity index (χ3v) is 5.47. The predicted octanol–water partition coefficient (Wildman–Crippen LogP) is 2.78. The zero-order valence-electron chi connectivity index (χ0n) is 14.0. The highest BCUT2D eigenvalue weighted by Crippen LogP contribution is 2.49. The first-order valence-corrected chi connectivity index (χ1v) is 8.30. The second-order valence-electron chi connectivity index (χ2n) is 6.62. The maximum absolute atomic E-state index is 12.8. The van der Waals surface area contributed by atoms with Gasteiger partial charge >= 0.3 is 5.97 Å². The van der Waals surface area contributed by atoms with Gasteiger partial charge in [0.25, 0.3) is 0 Å². The number of carboxylic acid groups (broad SMARTS) is 1. The summed E-state index contributed by atoms with van der Waals surface area (Å²) in [5, 5.41) is 12.5. The minimum absolute atomic E-state index is 0.112. The van der Waals surface area contributed by atoms with Crippen molar-refractivity contribution in [2.45, 2.75) is 25.7 Å². The molecule has 0 aromatic heterocycles. The average Bonchev–Trinajstić information content (AvgIpc) is 2.62. The van der Waals surface area contributed by atoms with Crippen LogP contribution in [0.3, 0.4) is 0 Å². The number of methoxy groups -OCH3 is 2. The molecule has 2 unspecified atom stereocenters. The molecule has 2 N–H and O–H groups in total. The van der Waals surface area contributed by atoms with Gasteiger partial charge in [0.05, 0.1) is 31.7 Å². The highest BCUT2D eigenvalue weighted by atomic mass is 16.5. The Labute approximate surface area is 141 Å². The Kier molecular flexibility index (Phi) is 4.64. The molecule has 1 amide bonds. The maximum Gasteiger partial charge on any atom is 0.307 e. The largest absolute Gasteiger partial charge is 0.497 e. The molecule has 3 aliphatic carbocycles. The monoisotopic (exact) mass is 333 g/mol. The van der Waals surface area contributed by atoms with Gasteiger partial charge in [0.1, 0.15) is 11.5 Å². The number of nitrogens with one attached hydrogen (secondary N) is 1. The van der Waals surface area contributed by atoms with Gasteiger partial charge in [-0.05, 0) is 49.7 Å². The van der Waals surface area contributed by atoms with E-state index < -0.39 is 17.8 Å². The van der Waals surface area contributed by atoms with Gasteiger partial charge in [-0.1, -0.05) is 0 Å². The van der Waals surface area contributed by atoms with Crippen LogP contribution in [0.4, 0.5) is 5.69 Å². The molecule has 0 heterocycles. The van der Waals surface area contributed by atoms with Crippen LogP contribution in [0.25, 0.3) is 0 Å². The van der Waals surface area contributed by atoms with Crippen molar-refractivity contribution >= 4 is 17.6 Å². The lowest BCUT2D eigenvalue weighted by molar-refractivity contribution is -0.156. The number of hydrogen-bond donors (Lipinski definition) is 2. The van der Waals surface area contributed by atoms with Crippen LogP contribution in [-0.2, 0) is 9.59 Å². The van der Waals surface area contributed by atoms with E-state index >= 15 is 0 Å². The number of rotatable bonds is 5. The van der Waals surface area contributed by atoms with E-state index in [1.807, 2.05) is 0 Å². The van der Waals surface area contributed by atoms with Crippen molar-refractivity contribution in [1.82, 2.24) is 0 Å². The first kappa shape index (κ1) is 16.6. The Bertz CT molecular complexity index is 636. The quantitative estimate of drug-likeness (QED) is 0.865. The van der Waals surface area contributed by atoms with Crippen molar-refractivity contribution in [3.8, 4) is 11.5 Å². The number of fused-ring (bicyclic) bond motifs is 3. The van der Waals surface area contributed by atoms with Crippen LogP contribution in [0.2, 0.25) is 0 Å². The fraction of sp³-hybridized carbons (Fsp3) is 0.556. The smallest absolute Gasteiger partial charge is 0.307 e. The van der Waals surface area contributed by atoms with Gasteiger partial charge in [-0.3, -0.25) is 9.59 Å². The number of carbonyl (C=O) groups excluding carboxylic acids is 1. The zero-order valence-corrected chi connectivity index (χ0v) is 14.0. The number of anilines is 1. The van der Waals surface area contributed by atoms with E-state index in [0.29, 0.717) is 17.2 Å². The highest BCUT2D eigenvalue weighted by Gasteiger charge is 2.50. The molecule has 3 aliphatic rings. The molecule has 2 bridgehead atoms. The summed E-state index contributed by atoms with van der Waals surface area (Å²) in [5.74, 6) is -0.739. The van der Waals surface area contributed by atoms with E-state index in [1.165, 1.54) is 7.11 Å². The minimum Gasteiger partial charge on any atom is -0.497 e. The molecule has 0 spiro atoms. The molecule has 24 heavy (non-hydrogen) atoms. The number of carbonyl (C=O) groups is 2. The maximum atomic E-state index is 12.8. The van der Waals surface area contributed by atoms with E-state index in [1.54, 1.807) is 25.3 Å². The minimum atomic E-state index is -0.855. The Balaban J connectivity index is 1.82. The molecule has 2 atom stereocenters. The topological polar surface area (TPSA) is 84.9 Å². The first-order valence-electron chi connectivity index (χ1n) is 8.30. The number of hydrogen-bond acceptors (Lipinski definition) is 4. The molecule has 0 aliphatic heterocycles. The summed E-state index contributed by atoms with van der Waals surface area (Å²) < 4.78 is 10.5. The molecule has 0 radical (unpaired) electrons. The van der Waals surface area contributed by atoms with Crippen LogP contribution in [-0.4, -0.2) is 31.2 Å². The second-order valence-corrected chi connectivity index (χ2v) is 6.62. The number of benzene rings is 1. The Morgan fingerprint density at radius 3 is 2.21 bits per heavy atom. The average molecular weight is 333 g/mol. The van der Waals surface area contributed by atoms with Crippen LogP contribution in [0, 0.1) is 23.7 Å². The molecule has 3 fully saturated rings. The van der Waals surface area contributed by atoms with Crippen LogP contribution >= 0.6 is 0 Å². The lowest BCUT2D eigenvalue weighted by Gasteiger charge is -2.45. The lowest BCUT2D eigenvalue weighted by atomic mass is 9.58. The SMILES string of the molecule is COc1ccc(NC(=O)C2C3CCC(CC3)C2C(=O)O)c(OC)c1. The summed E-state index contributed by atoms with van der Waals surface area (Å²) in [5.41, 5.74) is 0.536. The normalized spacial score (nSPS) is 28.2. The molecule has 6 nitrogen and oxygen atoms in total. The summed E-state index contributed by atoms with van der Waals surface area (Å²) >= 11 is 0. The van der Waals surface area contributed by atoms with Crippen molar-refractivity contribution in [2.24, 2.45) is 23.7 Å².